The smallest absolute Gasteiger partial charge is 0.145 e. The van der Waals surface area contributed by atoms with Crippen LogP contribution in [0, 0.1) is 0 Å². The van der Waals surface area contributed by atoms with Crippen LogP contribution in [-0.4, -0.2) is 5.71 Å². The maximum absolute atomic E-state index is 7.14. The summed E-state index contributed by atoms with van der Waals surface area (Å²) < 4.78 is 7.14. The molecule has 1 N–H and O–H groups in total. The Morgan fingerprint density at radius 3 is 1.82 bits per heavy atom. The molecular formula is C47H30N2O. The zero-order chi connectivity index (χ0) is 32.8. The van der Waals surface area contributed by atoms with E-state index in [2.05, 4.69) is 175 Å². The molecule has 0 aromatic heterocycles. The molecule has 50 heavy (non-hydrogen) atoms. The largest absolute Gasteiger partial charge is 0.455 e. The molecular weight excluding hydrogens is 609 g/mol. The number of fused-ring (bicyclic) bond motifs is 14. The topological polar surface area (TPSA) is 33.6 Å². The molecule has 0 saturated heterocycles. The van der Waals surface area contributed by atoms with E-state index in [0.717, 1.165) is 72.3 Å². The number of benzene rings is 8. The first-order chi connectivity index (χ1) is 24.8. The third-order valence-electron chi connectivity index (χ3n) is 10.9. The van der Waals surface area contributed by atoms with Gasteiger partial charge >= 0.3 is 0 Å². The second-order valence-electron chi connectivity index (χ2n) is 13.5. The average Bonchev–Trinajstić information content (AvgIpc) is 3.47. The highest BCUT2D eigenvalue weighted by Crippen LogP contribution is 2.64. The minimum Gasteiger partial charge on any atom is -0.455 e. The molecule has 0 radical (unpaired) electrons. The Hall–Kier alpha value is -6.45. The maximum Gasteiger partial charge on any atom is 0.145 e. The fourth-order valence-electron chi connectivity index (χ4n) is 8.77. The van der Waals surface area contributed by atoms with Gasteiger partial charge in [-0.3, -0.25) is 4.99 Å². The molecule has 11 rings (SSSR count). The van der Waals surface area contributed by atoms with Gasteiger partial charge in [-0.1, -0.05) is 158 Å². The van der Waals surface area contributed by atoms with Gasteiger partial charge < -0.3 is 10.1 Å². The van der Waals surface area contributed by atoms with Gasteiger partial charge in [0.15, 0.2) is 0 Å². The number of nitrogens with one attached hydrogen (secondary N) is 1. The molecule has 0 amide bonds. The van der Waals surface area contributed by atoms with E-state index in [1.54, 1.807) is 0 Å². The SMILES string of the molecule is c1ccc(C2N=C(c3ccc4c(c3)C3(c5ccccc5-4)c4ccc5ccccc5c4Oc4c3ccc3ccccc43)c3ccccc3N2)cc1. The Morgan fingerprint density at radius 1 is 0.480 bits per heavy atom. The lowest BCUT2D eigenvalue weighted by Gasteiger charge is -2.40. The van der Waals surface area contributed by atoms with E-state index in [0.29, 0.717) is 0 Å². The van der Waals surface area contributed by atoms with Crippen molar-refractivity contribution in [3.05, 3.63) is 209 Å². The summed E-state index contributed by atoms with van der Waals surface area (Å²) in [5, 5.41) is 8.26. The normalized spacial score (nSPS) is 16.0. The summed E-state index contributed by atoms with van der Waals surface area (Å²) in [6, 6.07) is 61.3. The van der Waals surface area contributed by atoms with Crippen LogP contribution in [0.2, 0.25) is 0 Å². The minimum absolute atomic E-state index is 0.192. The van der Waals surface area contributed by atoms with E-state index in [4.69, 9.17) is 9.73 Å². The van der Waals surface area contributed by atoms with Crippen LogP contribution < -0.4 is 10.1 Å². The lowest BCUT2D eigenvalue weighted by atomic mass is 9.65. The van der Waals surface area contributed by atoms with Gasteiger partial charge in [-0.05, 0) is 50.7 Å². The zero-order valence-electron chi connectivity index (χ0n) is 27.1. The summed E-state index contributed by atoms with van der Waals surface area (Å²) in [5.74, 6) is 1.85. The van der Waals surface area contributed by atoms with Crippen molar-refractivity contribution >= 4 is 32.9 Å². The van der Waals surface area contributed by atoms with Crippen LogP contribution in [0.5, 0.6) is 11.5 Å². The highest BCUT2D eigenvalue weighted by atomic mass is 16.5. The van der Waals surface area contributed by atoms with E-state index in [1.807, 2.05) is 0 Å². The molecule has 8 aromatic carbocycles. The Labute approximate surface area is 290 Å². The van der Waals surface area contributed by atoms with Gasteiger partial charge in [0.2, 0.25) is 0 Å². The molecule has 1 aliphatic carbocycles. The van der Waals surface area contributed by atoms with Crippen molar-refractivity contribution in [2.24, 2.45) is 4.99 Å². The Balaban J connectivity index is 1.24. The molecule has 0 bridgehead atoms. The third-order valence-corrected chi connectivity index (χ3v) is 10.9. The fourth-order valence-corrected chi connectivity index (χ4v) is 8.77. The lowest BCUT2D eigenvalue weighted by Crippen LogP contribution is -2.32. The maximum atomic E-state index is 7.14. The van der Waals surface area contributed by atoms with E-state index >= 15 is 0 Å². The predicted octanol–water partition coefficient (Wildman–Crippen LogP) is 11.4. The highest BCUT2D eigenvalue weighted by Gasteiger charge is 2.52. The number of aliphatic imine (C=N–C) groups is 1. The van der Waals surface area contributed by atoms with E-state index in [1.165, 1.54) is 22.3 Å². The third kappa shape index (κ3) is 3.66. The quantitative estimate of drug-likeness (QED) is 0.204. The highest BCUT2D eigenvalue weighted by molar-refractivity contribution is 6.17. The lowest BCUT2D eigenvalue weighted by molar-refractivity contribution is 0.447. The van der Waals surface area contributed by atoms with Crippen molar-refractivity contribution in [2.75, 3.05) is 5.32 Å². The first-order valence-corrected chi connectivity index (χ1v) is 17.2. The number of anilines is 1. The summed E-state index contributed by atoms with van der Waals surface area (Å²) in [7, 11) is 0. The van der Waals surface area contributed by atoms with Crippen LogP contribution >= 0.6 is 0 Å². The number of hydrogen-bond acceptors (Lipinski definition) is 3. The second-order valence-corrected chi connectivity index (χ2v) is 13.5. The van der Waals surface area contributed by atoms with Gasteiger partial charge in [0.25, 0.3) is 0 Å². The van der Waals surface area contributed by atoms with Crippen LogP contribution in [0.25, 0.3) is 32.7 Å². The average molecular weight is 639 g/mol. The molecule has 0 fully saturated rings. The molecule has 8 aromatic rings. The van der Waals surface area contributed by atoms with Crippen LogP contribution in [-0.2, 0) is 5.41 Å². The monoisotopic (exact) mass is 638 g/mol. The standard InChI is InChI=1S/C47H30N2O/c1-2-14-31(15-3-1)46-48-42-21-11-9-19-37(42)43(49-46)32-22-25-36-35-18-8-10-20-38(35)47(41(36)28-32)39-26-23-29-12-4-6-16-33(29)44(39)50-45-34-17-7-5-13-30(34)24-27-40(45)47/h1-28,46,48H. The molecule has 0 saturated carbocycles. The van der Waals surface area contributed by atoms with Crippen molar-refractivity contribution in [1.82, 2.24) is 0 Å². The summed E-state index contributed by atoms with van der Waals surface area (Å²) in [6.45, 7) is 0. The molecule has 1 spiro atoms. The molecule has 3 heteroatoms. The summed E-state index contributed by atoms with van der Waals surface area (Å²) in [4.78, 5) is 5.42. The number of nitrogens with zero attached hydrogens (tertiary/aromatic N) is 1. The first kappa shape index (κ1) is 27.5. The molecule has 1 unspecified atom stereocenters. The minimum atomic E-state index is -0.606. The first-order valence-electron chi connectivity index (χ1n) is 17.2. The summed E-state index contributed by atoms with van der Waals surface area (Å²) in [5.41, 5.74) is 12.2. The second kappa shape index (κ2) is 10.3. The van der Waals surface area contributed by atoms with Gasteiger partial charge in [-0.2, -0.15) is 0 Å². The van der Waals surface area contributed by atoms with Gasteiger partial charge in [-0.15, -0.1) is 0 Å². The number of hydrogen-bond donors (Lipinski definition) is 1. The molecule has 2 aliphatic heterocycles. The molecule has 3 aliphatic rings. The summed E-state index contributed by atoms with van der Waals surface area (Å²) >= 11 is 0. The number of para-hydroxylation sites is 1. The van der Waals surface area contributed by atoms with E-state index in [9.17, 15) is 0 Å². The molecule has 2 heterocycles. The van der Waals surface area contributed by atoms with Gasteiger partial charge in [0.1, 0.15) is 17.7 Å². The number of ether oxygens (including phenoxy) is 1. The predicted molar refractivity (Wildman–Crippen MR) is 204 cm³/mol. The van der Waals surface area contributed by atoms with Gasteiger partial charge in [0, 0.05) is 38.7 Å². The van der Waals surface area contributed by atoms with E-state index < -0.39 is 5.41 Å². The van der Waals surface area contributed by atoms with E-state index in [-0.39, 0.29) is 6.17 Å². The Morgan fingerprint density at radius 2 is 1.08 bits per heavy atom. The Kier molecular flexibility index (Phi) is 5.65. The van der Waals surface area contributed by atoms with Crippen LogP contribution in [0.4, 0.5) is 5.69 Å². The summed E-state index contributed by atoms with van der Waals surface area (Å²) in [6.07, 6.45) is -0.192. The van der Waals surface area contributed by atoms with Crippen LogP contribution in [0.15, 0.2) is 175 Å². The van der Waals surface area contributed by atoms with Gasteiger partial charge in [-0.25, -0.2) is 0 Å². The van der Waals surface area contributed by atoms with Crippen molar-refractivity contribution < 1.29 is 4.74 Å². The fraction of sp³-hybridized carbons (Fsp3) is 0.0426. The van der Waals surface area contributed by atoms with Gasteiger partial charge in [0.05, 0.1) is 11.1 Å². The van der Waals surface area contributed by atoms with Crippen LogP contribution in [0.3, 0.4) is 0 Å². The number of rotatable bonds is 2. The van der Waals surface area contributed by atoms with Crippen molar-refractivity contribution in [1.29, 1.82) is 0 Å². The Bertz CT molecular complexity index is 2640. The molecule has 234 valence electrons. The molecule has 1 atom stereocenters. The molecule has 3 nitrogen and oxygen atoms in total. The van der Waals surface area contributed by atoms with Crippen LogP contribution in [0.1, 0.15) is 45.1 Å². The van der Waals surface area contributed by atoms with Crippen molar-refractivity contribution in [3.8, 4) is 22.6 Å². The van der Waals surface area contributed by atoms with Crippen molar-refractivity contribution in [3.63, 3.8) is 0 Å². The zero-order valence-corrected chi connectivity index (χ0v) is 27.1. The van der Waals surface area contributed by atoms with Crippen molar-refractivity contribution in [2.45, 2.75) is 11.6 Å².